The van der Waals surface area contributed by atoms with Gasteiger partial charge in [-0.2, -0.15) is 0 Å². The maximum Gasteiger partial charge on any atom is 0.0725 e. The Morgan fingerprint density at radius 1 is 0.750 bits per heavy atom. The standard InChI is InChI=1S/C13H7Cl2N/c14-10-6-9-5-8-3-1-2-4-12(8)16-13(9)7-11(10)15/h1-7H. The second kappa shape index (κ2) is 3.62. The zero-order valence-corrected chi connectivity index (χ0v) is 9.76. The molecular weight excluding hydrogens is 241 g/mol. The van der Waals surface area contributed by atoms with E-state index in [0.29, 0.717) is 10.0 Å². The minimum Gasteiger partial charge on any atom is -0.248 e. The van der Waals surface area contributed by atoms with E-state index in [4.69, 9.17) is 23.2 Å². The van der Waals surface area contributed by atoms with E-state index in [2.05, 4.69) is 11.1 Å². The van der Waals surface area contributed by atoms with E-state index in [1.54, 1.807) is 6.07 Å². The van der Waals surface area contributed by atoms with Gasteiger partial charge in [-0.1, -0.05) is 41.4 Å². The zero-order valence-electron chi connectivity index (χ0n) is 8.24. The van der Waals surface area contributed by atoms with Gasteiger partial charge in [0.05, 0.1) is 21.1 Å². The van der Waals surface area contributed by atoms with Crippen LogP contribution in [0.3, 0.4) is 0 Å². The van der Waals surface area contributed by atoms with Gasteiger partial charge in [-0.15, -0.1) is 0 Å². The third kappa shape index (κ3) is 1.53. The maximum atomic E-state index is 5.98. The van der Waals surface area contributed by atoms with Crippen molar-refractivity contribution in [1.82, 2.24) is 4.98 Å². The van der Waals surface area contributed by atoms with Gasteiger partial charge in [0, 0.05) is 10.8 Å². The molecule has 0 unspecified atom stereocenters. The summed E-state index contributed by atoms with van der Waals surface area (Å²) in [5, 5.41) is 3.21. The van der Waals surface area contributed by atoms with Crippen molar-refractivity contribution in [3.8, 4) is 0 Å². The summed E-state index contributed by atoms with van der Waals surface area (Å²) in [6, 6.07) is 13.7. The summed E-state index contributed by atoms with van der Waals surface area (Å²) < 4.78 is 0. The van der Waals surface area contributed by atoms with Crippen molar-refractivity contribution in [2.45, 2.75) is 0 Å². The maximum absolute atomic E-state index is 5.98. The number of fused-ring (bicyclic) bond motifs is 2. The number of rotatable bonds is 0. The van der Waals surface area contributed by atoms with E-state index in [1.165, 1.54) is 0 Å². The number of para-hydroxylation sites is 1. The molecule has 0 bridgehead atoms. The lowest BCUT2D eigenvalue weighted by molar-refractivity contribution is 1.50. The van der Waals surface area contributed by atoms with Crippen LogP contribution >= 0.6 is 23.2 Å². The SMILES string of the molecule is Clc1cc2cc3ccccc3nc2cc1Cl. The summed E-state index contributed by atoms with van der Waals surface area (Å²) in [4.78, 5) is 4.54. The van der Waals surface area contributed by atoms with Crippen LogP contribution in [0.4, 0.5) is 0 Å². The minimum absolute atomic E-state index is 0.539. The van der Waals surface area contributed by atoms with Crippen molar-refractivity contribution in [3.05, 3.63) is 52.5 Å². The number of hydrogen-bond donors (Lipinski definition) is 0. The van der Waals surface area contributed by atoms with Crippen molar-refractivity contribution in [2.24, 2.45) is 0 Å². The smallest absolute Gasteiger partial charge is 0.0725 e. The molecule has 0 spiro atoms. The molecule has 1 heterocycles. The van der Waals surface area contributed by atoms with E-state index < -0.39 is 0 Å². The van der Waals surface area contributed by atoms with Crippen LogP contribution in [0, 0.1) is 0 Å². The molecule has 0 atom stereocenters. The molecule has 0 N–H and O–H groups in total. The summed E-state index contributed by atoms with van der Waals surface area (Å²) in [7, 11) is 0. The van der Waals surface area contributed by atoms with Crippen LogP contribution in [-0.4, -0.2) is 4.98 Å². The normalized spacial score (nSPS) is 11.1. The molecule has 78 valence electrons. The van der Waals surface area contributed by atoms with Crippen molar-refractivity contribution < 1.29 is 0 Å². The minimum atomic E-state index is 0.539. The molecule has 0 saturated heterocycles. The monoisotopic (exact) mass is 247 g/mol. The second-order valence-electron chi connectivity index (χ2n) is 3.64. The number of aromatic nitrogens is 1. The van der Waals surface area contributed by atoms with Crippen LogP contribution in [0.25, 0.3) is 21.8 Å². The van der Waals surface area contributed by atoms with Gasteiger partial charge in [0.25, 0.3) is 0 Å². The van der Waals surface area contributed by atoms with Gasteiger partial charge in [0.15, 0.2) is 0 Å². The Hall–Kier alpha value is -1.31. The molecule has 3 heteroatoms. The average molecular weight is 248 g/mol. The van der Waals surface area contributed by atoms with Gasteiger partial charge in [-0.3, -0.25) is 0 Å². The molecule has 3 aromatic rings. The Kier molecular flexibility index (Phi) is 2.23. The van der Waals surface area contributed by atoms with Crippen LogP contribution in [0.15, 0.2) is 42.5 Å². The Morgan fingerprint density at radius 2 is 1.50 bits per heavy atom. The second-order valence-corrected chi connectivity index (χ2v) is 4.45. The van der Waals surface area contributed by atoms with Gasteiger partial charge in [0.2, 0.25) is 0 Å². The van der Waals surface area contributed by atoms with Gasteiger partial charge in [0.1, 0.15) is 0 Å². The lowest BCUT2D eigenvalue weighted by Crippen LogP contribution is -1.82. The molecule has 0 aliphatic carbocycles. The van der Waals surface area contributed by atoms with Crippen molar-refractivity contribution >= 4 is 45.0 Å². The van der Waals surface area contributed by atoms with Crippen LogP contribution in [0.5, 0.6) is 0 Å². The lowest BCUT2D eigenvalue weighted by Gasteiger charge is -2.03. The Bertz CT molecular complexity index is 632. The summed E-state index contributed by atoms with van der Waals surface area (Å²) in [5.41, 5.74) is 1.83. The highest BCUT2D eigenvalue weighted by Gasteiger charge is 2.03. The molecule has 1 aromatic heterocycles. The van der Waals surface area contributed by atoms with Crippen LogP contribution in [-0.2, 0) is 0 Å². The molecule has 16 heavy (non-hydrogen) atoms. The van der Waals surface area contributed by atoms with Gasteiger partial charge < -0.3 is 0 Å². The molecule has 0 saturated carbocycles. The molecule has 3 rings (SSSR count). The molecule has 0 fully saturated rings. The zero-order chi connectivity index (χ0) is 11.1. The van der Waals surface area contributed by atoms with Crippen molar-refractivity contribution in [2.75, 3.05) is 0 Å². The van der Waals surface area contributed by atoms with Crippen LogP contribution in [0.2, 0.25) is 10.0 Å². The Balaban J connectivity index is 2.46. The first-order valence-electron chi connectivity index (χ1n) is 4.88. The van der Waals surface area contributed by atoms with E-state index in [0.717, 1.165) is 21.8 Å². The number of halogens is 2. The fourth-order valence-electron chi connectivity index (χ4n) is 1.77. The highest BCUT2D eigenvalue weighted by atomic mass is 35.5. The third-order valence-electron chi connectivity index (χ3n) is 2.56. The average Bonchev–Trinajstić information content (AvgIpc) is 2.28. The first-order chi connectivity index (χ1) is 7.74. The van der Waals surface area contributed by atoms with Gasteiger partial charge in [-0.25, -0.2) is 4.98 Å². The first kappa shape index (κ1) is 9.88. The first-order valence-corrected chi connectivity index (χ1v) is 5.64. The molecule has 2 aromatic carbocycles. The molecule has 0 aliphatic rings. The third-order valence-corrected chi connectivity index (χ3v) is 3.28. The van der Waals surface area contributed by atoms with Gasteiger partial charge in [-0.05, 0) is 24.3 Å². The van der Waals surface area contributed by atoms with E-state index in [1.807, 2.05) is 30.3 Å². The fourth-order valence-corrected chi connectivity index (χ4v) is 2.10. The summed E-state index contributed by atoms with van der Waals surface area (Å²) in [6.45, 7) is 0. The predicted octanol–water partition coefficient (Wildman–Crippen LogP) is 4.69. The topological polar surface area (TPSA) is 12.9 Å². The summed E-state index contributed by atoms with van der Waals surface area (Å²) in [5.74, 6) is 0. The summed E-state index contributed by atoms with van der Waals surface area (Å²) in [6.07, 6.45) is 0. The molecule has 0 radical (unpaired) electrons. The van der Waals surface area contributed by atoms with Crippen molar-refractivity contribution in [1.29, 1.82) is 0 Å². The van der Waals surface area contributed by atoms with Gasteiger partial charge >= 0.3 is 0 Å². The number of benzene rings is 2. The Labute approximate surface area is 103 Å². The number of pyridine rings is 1. The van der Waals surface area contributed by atoms with Crippen molar-refractivity contribution in [3.63, 3.8) is 0 Å². The molecule has 1 nitrogen and oxygen atoms in total. The lowest BCUT2D eigenvalue weighted by atomic mass is 10.1. The number of hydrogen-bond acceptors (Lipinski definition) is 1. The summed E-state index contributed by atoms with van der Waals surface area (Å²) >= 11 is 11.9. The Morgan fingerprint density at radius 3 is 2.38 bits per heavy atom. The van der Waals surface area contributed by atoms with E-state index in [9.17, 15) is 0 Å². The van der Waals surface area contributed by atoms with E-state index >= 15 is 0 Å². The van der Waals surface area contributed by atoms with Crippen LogP contribution in [0.1, 0.15) is 0 Å². The highest BCUT2D eigenvalue weighted by molar-refractivity contribution is 6.42. The fraction of sp³-hybridized carbons (Fsp3) is 0. The van der Waals surface area contributed by atoms with E-state index in [-0.39, 0.29) is 0 Å². The largest absolute Gasteiger partial charge is 0.248 e. The molecular formula is C13H7Cl2N. The number of nitrogens with zero attached hydrogens (tertiary/aromatic N) is 1. The molecule has 0 aliphatic heterocycles. The quantitative estimate of drug-likeness (QED) is 0.525. The molecule has 0 amide bonds. The highest BCUT2D eigenvalue weighted by Crippen LogP contribution is 2.28. The predicted molar refractivity (Wildman–Crippen MR) is 69.3 cm³/mol. The van der Waals surface area contributed by atoms with Crippen LogP contribution < -0.4 is 0 Å².